The number of hydrogen-bond acceptors (Lipinski definition) is 3. The number of carbonyl (C=O) groups excluding carboxylic acids is 1. The van der Waals surface area contributed by atoms with E-state index in [0.29, 0.717) is 40.9 Å². The van der Waals surface area contributed by atoms with E-state index in [2.05, 4.69) is 102 Å². The molecule has 1 heterocycles. The molecule has 1 aliphatic heterocycles. The lowest BCUT2D eigenvalue weighted by molar-refractivity contribution is -0.186. The number of carbonyl (C=O) groups is 1. The smallest absolute Gasteiger partial charge is 0.229 e. The van der Waals surface area contributed by atoms with Crippen molar-refractivity contribution in [3.05, 3.63) is 59.9 Å². The molecule has 222 valence electrons. The van der Waals surface area contributed by atoms with Crippen molar-refractivity contribution in [1.82, 2.24) is 4.90 Å². The summed E-state index contributed by atoms with van der Waals surface area (Å²) in [5.74, 6) is 2.74. The summed E-state index contributed by atoms with van der Waals surface area (Å²) in [7, 11) is -0.280. The molecular formula is C36H51NO3Si. The fourth-order valence-electron chi connectivity index (χ4n) is 12.9. The summed E-state index contributed by atoms with van der Waals surface area (Å²) in [5.41, 5.74) is 2.85. The topological polar surface area (TPSA) is 38.8 Å². The number of methoxy groups -OCH3 is 1. The van der Waals surface area contributed by atoms with Crippen molar-refractivity contribution < 1.29 is 14.0 Å². The molecule has 0 N–H and O–H groups in total. The Bertz CT molecular complexity index is 1280. The second kappa shape index (κ2) is 8.84. The largest absolute Gasteiger partial charge is 0.497 e. The highest BCUT2D eigenvalue weighted by Gasteiger charge is 2.97. The van der Waals surface area contributed by atoms with Crippen LogP contribution < -0.4 is 0 Å². The predicted octanol–water partition coefficient (Wildman–Crippen LogP) is 8.12. The van der Waals surface area contributed by atoms with E-state index in [1.807, 2.05) is 7.11 Å². The van der Waals surface area contributed by atoms with E-state index in [1.54, 1.807) is 0 Å². The first-order chi connectivity index (χ1) is 19.5. The first kappa shape index (κ1) is 27.9. The Kier molecular flexibility index (Phi) is 6.03. The summed E-state index contributed by atoms with van der Waals surface area (Å²) < 4.78 is 13.5. The maximum absolute atomic E-state index is 14.8. The number of hydrogen-bond donors (Lipinski definition) is 0. The Morgan fingerprint density at radius 3 is 2.32 bits per heavy atom. The predicted molar refractivity (Wildman–Crippen MR) is 166 cm³/mol. The fourth-order valence-corrected chi connectivity index (χ4v) is 18.3. The highest BCUT2D eigenvalue weighted by atomic mass is 28.4. The van der Waals surface area contributed by atoms with Crippen LogP contribution in [-0.4, -0.2) is 38.9 Å². The minimum Gasteiger partial charge on any atom is -0.497 e. The van der Waals surface area contributed by atoms with Crippen molar-refractivity contribution in [2.75, 3.05) is 13.7 Å². The number of nitrogens with zero attached hydrogens (tertiary/aromatic N) is 1. The van der Waals surface area contributed by atoms with Crippen LogP contribution in [0.2, 0.25) is 16.6 Å². The molecule has 5 fully saturated rings. The number of benzene rings is 1. The van der Waals surface area contributed by atoms with Gasteiger partial charge in [0.15, 0.2) is 8.32 Å². The minimum absolute atomic E-state index is 0.0249. The lowest BCUT2D eigenvalue weighted by Gasteiger charge is -2.63. The molecule has 7 rings (SSSR count). The molecule has 4 saturated carbocycles. The van der Waals surface area contributed by atoms with Gasteiger partial charge in [-0.2, -0.15) is 0 Å². The van der Waals surface area contributed by atoms with Gasteiger partial charge in [-0.15, -0.1) is 0 Å². The summed E-state index contributed by atoms with van der Waals surface area (Å²) in [4.78, 5) is 17.2. The van der Waals surface area contributed by atoms with Gasteiger partial charge in [0, 0.05) is 41.4 Å². The number of allylic oxidation sites excluding steroid dienone is 3. The van der Waals surface area contributed by atoms with E-state index in [0.717, 1.165) is 25.2 Å². The van der Waals surface area contributed by atoms with E-state index in [9.17, 15) is 4.79 Å². The lowest BCUT2D eigenvalue weighted by atomic mass is 9.47. The summed E-state index contributed by atoms with van der Waals surface area (Å²) in [6.07, 6.45) is 12.0. The third-order valence-electron chi connectivity index (χ3n) is 13.8. The zero-order valence-corrected chi connectivity index (χ0v) is 27.6. The first-order valence-electron chi connectivity index (χ1n) is 16.4. The number of rotatable bonds is 9. The molecule has 4 nitrogen and oxygen atoms in total. The van der Waals surface area contributed by atoms with Crippen LogP contribution >= 0.6 is 0 Å². The maximum atomic E-state index is 14.8. The molecule has 5 heteroatoms. The number of amides is 1. The van der Waals surface area contributed by atoms with Crippen LogP contribution in [0.4, 0.5) is 0 Å². The molecule has 2 bridgehead atoms. The molecule has 5 aliphatic carbocycles. The Balaban J connectivity index is 1.40. The number of ether oxygens (including phenoxy) is 1. The summed E-state index contributed by atoms with van der Waals surface area (Å²) in [6.45, 7) is 18.1. The van der Waals surface area contributed by atoms with Gasteiger partial charge in [-0.3, -0.25) is 4.79 Å². The van der Waals surface area contributed by atoms with Crippen LogP contribution in [0, 0.1) is 39.4 Å². The van der Waals surface area contributed by atoms with Gasteiger partial charge in [0.1, 0.15) is 5.76 Å². The zero-order chi connectivity index (χ0) is 29.2. The van der Waals surface area contributed by atoms with E-state index < -0.39 is 8.32 Å². The SMILES string of the molecule is COC1=C[C@@]23C(CO[Si](C(C)C)(C(C)C)C(C)C)C4N(Cc5ccccc5)C(=O)C5(C)CCCC46[C@@H]5C[C@H]2[C@]63C=C1. The highest BCUT2D eigenvalue weighted by molar-refractivity contribution is 6.77. The van der Waals surface area contributed by atoms with E-state index >= 15 is 0 Å². The Labute approximate surface area is 249 Å². The van der Waals surface area contributed by atoms with Crippen LogP contribution in [0.1, 0.15) is 79.7 Å². The Hall–Kier alpha value is -1.85. The summed E-state index contributed by atoms with van der Waals surface area (Å²) in [6, 6.07) is 10.9. The van der Waals surface area contributed by atoms with Crippen molar-refractivity contribution in [3.63, 3.8) is 0 Å². The maximum Gasteiger partial charge on any atom is 0.229 e. The van der Waals surface area contributed by atoms with E-state index in [4.69, 9.17) is 9.16 Å². The van der Waals surface area contributed by atoms with Gasteiger partial charge in [-0.25, -0.2) is 0 Å². The number of likely N-dealkylation sites (tertiary alicyclic amines) is 1. The molecule has 8 atom stereocenters. The van der Waals surface area contributed by atoms with Gasteiger partial charge in [-0.05, 0) is 65.4 Å². The summed E-state index contributed by atoms with van der Waals surface area (Å²) >= 11 is 0. The number of piperidine rings is 1. The molecule has 0 radical (unpaired) electrons. The van der Waals surface area contributed by atoms with E-state index in [-0.39, 0.29) is 33.6 Å². The van der Waals surface area contributed by atoms with Gasteiger partial charge in [0.25, 0.3) is 0 Å². The monoisotopic (exact) mass is 573 g/mol. The molecule has 1 saturated heterocycles. The normalized spacial score (nSPS) is 41.7. The van der Waals surface area contributed by atoms with Gasteiger partial charge >= 0.3 is 0 Å². The minimum atomic E-state index is -2.09. The second-order valence-electron chi connectivity index (χ2n) is 15.6. The third-order valence-corrected chi connectivity index (χ3v) is 19.9. The van der Waals surface area contributed by atoms with Gasteiger partial charge in [-0.1, -0.05) is 91.3 Å². The summed E-state index contributed by atoms with van der Waals surface area (Å²) in [5, 5.41) is 0. The molecule has 1 amide bonds. The molecule has 4 unspecified atom stereocenters. The van der Waals surface area contributed by atoms with Crippen molar-refractivity contribution in [1.29, 1.82) is 0 Å². The van der Waals surface area contributed by atoms with Crippen molar-refractivity contribution in [2.45, 2.75) is 103 Å². The van der Waals surface area contributed by atoms with Crippen LogP contribution in [-0.2, 0) is 20.5 Å². The average Bonchev–Trinajstić information content (AvgIpc) is 3.35. The molecule has 1 aromatic rings. The average molecular weight is 574 g/mol. The molecule has 2 spiro atoms. The van der Waals surface area contributed by atoms with Crippen molar-refractivity contribution >= 4 is 14.2 Å². The molecule has 6 aliphatic rings. The van der Waals surface area contributed by atoms with Crippen molar-refractivity contribution in [2.24, 2.45) is 39.4 Å². The second-order valence-corrected chi connectivity index (χ2v) is 21.1. The molecule has 1 aromatic carbocycles. The van der Waals surface area contributed by atoms with Crippen molar-refractivity contribution in [3.8, 4) is 0 Å². The molecule has 41 heavy (non-hydrogen) atoms. The molecule has 0 aromatic heterocycles. The fraction of sp³-hybridized carbons (Fsp3) is 0.694. The lowest BCUT2D eigenvalue weighted by Crippen LogP contribution is -2.68. The van der Waals surface area contributed by atoms with Crippen LogP contribution in [0.15, 0.2) is 54.3 Å². The standard InChI is InChI=1S/C36H51NO3Si/c1-23(2)41(24(3)4,25(5)6)40-22-28-31-34-17-12-16-33(7,32(38)37(31)21-26-13-10-9-11-14-26)29(34)19-30-35(28)20-27(39-8)15-18-36(30,34)35/h9-11,13-15,18,20,23-25,28-31H,12,16-17,19,21-22H2,1-8H3/t28?,29-,30-,31?,33?,34?,35-,36-/m1/s1. The van der Waals surface area contributed by atoms with Crippen LogP contribution in [0.5, 0.6) is 0 Å². The Morgan fingerprint density at radius 1 is 1.00 bits per heavy atom. The van der Waals surface area contributed by atoms with Gasteiger partial charge < -0.3 is 14.1 Å². The zero-order valence-electron chi connectivity index (χ0n) is 26.6. The van der Waals surface area contributed by atoms with E-state index in [1.165, 1.54) is 18.4 Å². The molecular weight excluding hydrogens is 522 g/mol. The van der Waals surface area contributed by atoms with Gasteiger partial charge in [0.05, 0.1) is 12.5 Å². The highest BCUT2D eigenvalue weighted by Crippen LogP contribution is 2.98. The third kappa shape index (κ3) is 2.99. The Morgan fingerprint density at radius 2 is 1.68 bits per heavy atom. The quantitative estimate of drug-likeness (QED) is 0.280. The van der Waals surface area contributed by atoms with Crippen LogP contribution in [0.3, 0.4) is 0 Å². The van der Waals surface area contributed by atoms with Crippen LogP contribution in [0.25, 0.3) is 0 Å². The first-order valence-corrected chi connectivity index (χ1v) is 18.6. The van der Waals surface area contributed by atoms with Gasteiger partial charge in [0.2, 0.25) is 5.91 Å².